The fourth-order valence-corrected chi connectivity index (χ4v) is 2.90. The molecule has 152 valence electrons. The molecule has 1 saturated heterocycles. The third-order valence-corrected chi connectivity index (χ3v) is 4.33. The number of nitrogens with zero attached hydrogens (tertiary/aromatic N) is 2. The number of alkyl halides is 3. The van der Waals surface area contributed by atoms with Crippen molar-refractivity contribution >= 4 is 23.3 Å². The second kappa shape index (κ2) is 10.0. The lowest BCUT2D eigenvalue weighted by Gasteiger charge is -2.34. The van der Waals surface area contributed by atoms with E-state index in [-0.39, 0.29) is 12.6 Å². The highest BCUT2D eigenvalue weighted by molar-refractivity contribution is 6.31. The summed E-state index contributed by atoms with van der Waals surface area (Å²) in [5, 5.41) is 3.28. The van der Waals surface area contributed by atoms with E-state index in [2.05, 4.69) is 15.0 Å². The van der Waals surface area contributed by atoms with Crippen LogP contribution in [0.1, 0.15) is 6.42 Å². The Morgan fingerprint density at radius 1 is 1.26 bits per heavy atom. The fraction of sp³-hybridized carbons (Fsp3) is 0.588. The first-order valence-electron chi connectivity index (χ1n) is 8.55. The number of hydrogen-bond donors (Lipinski definition) is 1. The van der Waals surface area contributed by atoms with Crippen LogP contribution >= 0.6 is 11.6 Å². The lowest BCUT2D eigenvalue weighted by atomic mass is 10.3. The highest BCUT2D eigenvalue weighted by Crippen LogP contribution is 2.28. The average Bonchev–Trinajstić information content (AvgIpc) is 2.61. The summed E-state index contributed by atoms with van der Waals surface area (Å²) in [4.78, 5) is 16.2. The minimum Gasteiger partial charge on any atom is -0.495 e. The highest BCUT2D eigenvalue weighted by atomic mass is 35.5. The molecule has 0 bridgehead atoms. The van der Waals surface area contributed by atoms with E-state index in [4.69, 9.17) is 16.3 Å². The van der Waals surface area contributed by atoms with Crippen molar-refractivity contribution in [3.63, 3.8) is 0 Å². The number of urea groups is 1. The van der Waals surface area contributed by atoms with E-state index in [1.54, 1.807) is 23.1 Å². The van der Waals surface area contributed by atoms with Gasteiger partial charge in [0.05, 0.1) is 12.8 Å². The normalized spacial score (nSPS) is 15.7. The summed E-state index contributed by atoms with van der Waals surface area (Å²) in [7, 11) is 1.51. The molecule has 0 radical (unpaired) electrons. The number of carbonyl (C=O) groups excluding carboxylic acids is 1. The molecule has 1 aromatic carbocycles. The van der Waals surface area contributed by atoms with E-state index >= 15 is 0 Å². The van der Waals surface area contributed by atoms with Crippen LogP contribution in [0.4, 0.5) is 23.7 Å². The van der Waals surface area contributed by atoms with Crippen molar-refractivity contribution in [3.8, 4) is 5.75 Å². The highest BCUT2D eigenvalue weighted by Gasteiger charge is 2.27. The number of rotatable bonds is 7. The molecule has 0 unspecified atom stereocenters. The molecule has 1 heterocycles. The molecule has 0 spiro atoms. The van der Waals surface area contributed by atoms with E-state index in [1.165, 1.54) is 7.11 Å². The molecule has 1 aliphatic heterocycles. The first-order valence-corrected chi connectivity index (χ1v) is 8.92. The second-order valence-electron chi connectivity index (χ2n) is 6.12. The Hall–Kier alpha value is -1.71. The number of nitrogens with one attached hydrogen (secondary N) is 1. The summed E-state index contributed by atoms with van der Waals surface area (Å²) in [6.07, 6.45) is -3.77. The molecular formula is C17H23ClF3N3O3. The van der Waals surface area contributed by atoms with Crippen molar-refractivity contribution < 1.29 is 27.4 Å². The minimum absolute atomic E-state index is 0.0643. The predicted octanol–water partition coefficient (Wildman–Crippen LogP) is 3.47. The molecule has 1 fully saturated rings. The molecule has 2 rings (SSSR count). The van der Waals surface area contributed by atoms with Gasteiger partial charge in [0.15, 0.2) is 0 Å². The van der Waals surface area contributed by atoms with Gasteiger partial charge < -0.3 is 19.7 Å². The summed E-state index contributed by atoms with van der Waals surface area (Å²) in [6.45, 7) is 1.84. The molecule has 0 aliphatic carbocycles. The van der Waals surface area contributed by atoms with Gasteiger partial charge in [-0.25, -0.2) is 4.79 Å². The third-order valence-electron chi connectivity index (χ3n) is 4.09. The molecule has 10 heteroatoms. The monoisotopic (exact) mass is 409 g/mol. The van der Waals surface area contributed by atoms with Crippen LogP contribution in [-0.2, 0) is 4.74 Å². The van der Waals surface area contributed by atoms with E-state index < -0.39 is 12.8 Å². The number of halogens is 4. The Balaban J connectivity index is 1.71. The van der Waals surface area contributed by atoms with Crippen LogP contribution < -0.4 is 10.1 Å². The Morgan fingerprint density at radius 2 is 1.96 bits per heavy atom. The van der Waals surface area contributed by atoms with Crippen LogP contribution in [0.25, 0.3) is 0 Å². The zero-order chi connectivity index (χ0) is 19.9. The third kappa shape index (κ3) is 7.43. The Morgan fingerprint density at radius 3 is 2.59 bits per heavy atom. The molecule has 0 atom stereocenters. The number of piperazine rings is 1. The fourth-order valence-electron chi connectivity index (χ4n) is 2.72. The van der Waals surface area contributed by atoms with Gasteiger partial charge in [0.1, 0.15) is 12.4 Å². The Bertz CT molecular complexity index is 623. The van der Waals surface area contributed by atoms with Gasteiger partial charge in [-0.05, 0) is 24.6 Å². The van der Waals surface area contributed by atoms with Crippen molar-refractivity contribution in [1.29, 1.82) is 0 Å². The summed E-state index contributed by atoms with van der Waals surface area (Å²) in [5.74, 6) is 0.519. The molecule has 1 aromatic rings. The summed E-state index contributed by atoms with van der Waals surface area (Å²) in [5.41, 5.74) is 0.499. The van der Waals surface area contributed by atoms with Crippen LogP contribution in [0.15, 0.2) is 18.2 Å². The topological polar surface area (TPSA) is 54.0 Å². The number of benzene rings is 1. The van der Waals surface area contributed by atoms with E-state index in [9.17, 15) is 18.0 Å². The quantitative estimate of drug-likeness (QED) is 0.701. The lowest BCUT2D eigenvalue weighted by molar-refractivity contribution is -0.174. The lowest BCUT2D eigenvalue weighted by Crippen LogP contribution is -2.50. The number of hydrogen-bond acceptors (Lipinski definition) is 4. The molecule has 6 nitrogen and oxygen atoms in total. The Kier molecular flexibility index (Phi) is 8.00. The number of ether oxygens (including phenoxy) is 2. The largest absolute Gasteiger partial charge is 0.495 e. The maximum atomic E-state index is 12.4. The molecule has 2 amide bonds. The molecule has 1 aliphatic rings. The molecule has 27 heavy (non-hydrogen) atoms. The van der Waals surface area contributed by atoms with Gasteiger partial charge in [0, 0.05) is 44.4 Å². The zero-order valence-electron chi connectivity index (χ0n) is 15.0. The molecular weight excluding hydrogens is 387 g/mol. The van der Waals surface area contributed by atoms with Crippen LogP contribution in [-0.4, -0.2) is 75.1 Å². The smallest absolute Gasteiger partial charge is 0.411 e. The van der Waals surface area contributed by atoms with Crippen molar-refractivity contribution in [2.45, 2.75) is 12.6 Å². The molecule has 1 N–H and O–H groups in total. The van der Waals surface area contributed by atoms with Gasteiger partial charge in [0.25, 0.3) is 0 Å². The van der Waals surface area contributed by atoms with E-state index in [0.717, 1.165) is 0 Å². The van der Waals surface area contributed by atoms with Crippen LogP contribution in [0, 0.1) is 0 Å². The van der Waals surface area contributed by atoms with E-state index in [0.29, 0.717) is 55.6 Å². The van der Waals surface area contributed by atoms with Gasteiger partial charge in [-0.3, -0.25) is 4.90 Å². The van der Waals surface area contributed by atoms with Gasteiger partial charge in [-0.2, -0.15) is 13.2 Å². The number of methoxy groups -OCH3 is 1. The first-order chi connectivity index (χ1) is 12.8. The summed E-state index contributed by atoms with van der Waals surface area (Å²) in [6, 6.07) is 4.73. The van der Waals surface area contributed by atoms with Crippen molar-refractivity contribution in [2.75, 3.05) is 58.4 Å². The number of carbonyl (C=O) groups is 1. The van der Waals surface area contributed by atoms with Gasteiger partial charge in [0.2, 0.25) is 0 Å². The SMILES string of the molecule is COc1ccc(Cl)cc1NC(=O)N1CCN(CCCOCC(F)(F)F)CC1. The number of anilines is 1. The summed E-state index contributed by atoms with van der Waals surface area (Å²) < 4.78 is 45.8. The zero-order valence-corrected chi connectivity index (χ0v) is 15.8. The van der Waals surface area contributed by atoms with Crippen molar-refractivity contribution in [2.24, 2.45) is 0 Å². The van der Waals surface area contributed by atoms with Crippen molar-refractivity contribution in [3.05, 3.63) is 23.2 Å². The van der Waals surface area contributed by atoms with Crippen molar-refractivity contribution in [1.82, 2.24) is 9.80 Å². The molecule has 0 aromatic heterocycles. The van der Waals surface area contributed by atoms with Gasteiger partial charge in [-0.15, -0.1) is 0 Å². The van der Waals surface area contributed by atoms with Crippen LogP contribution in [0.5, 0.6) is 5.75 Å². The predicted molar refractivity (Wildman–Crippen MR) is 96.5 cm³/mol. The minimum atomic E-state index is -4.29. The molecule has 0 saturated carbocycles. The van der Waals surface area contributed by atoms with E-state index in [1.807, 2.05) is 0 Å². The first kappa shape index (κ1) is 21.6. The second-order valence-corrected chi connectivity index (χ2v) is 6.56. The Labute approximate surface area is 161 Å². The van der Waals surface area contributed by atoms with Gasteiger partial charge >= 0.3 is 12.2 Å². The summed E-state index contributed by atoms with van der Waals surface area (Å²) >= 11 is 5.96. The number of amides is 2. The maximum absolute atomic E-state index is 12.4. The maximum Gasteiger partial charge on any atom is 0.411 e. The van der Waals surface area contributed by atoms with Crippen LogP contribution in [0.2, 0.25) is 5.02 Å². The standard InChI is InChI=1S/C17H23ClF3N3O3/c1-26-15-4-3-13(18)11-14(15)22-16(25)24-8-6-23(7-9-24)5-2-10-27-12-17(19,20)21/h3-4,11H,2,5-10,12H2,1H3,(H,22,25). The average molecular weight is 410 g/mol. The van der Waals surface area contributed by atoms with Gasteiger partial charge in [-0.1, -0.05) is 11.6 Å². The van der Waals surface area contributed by atoms with Crippen LogP contribution in [0.3, 0.4) is 0 Å².